The second-order valence-corrected chi connectivity index (χ2v) is 4.38. The van der Waals surface area contributed by atoms with Gasteiger partial charge in [-0.15, -0.1) is 0 Å². The van der Waals surface area contributed by atoms with Crippen LogP contribution in [-0.4, -0.2) is 34.8 Å². The summed E-state index contributed by atoms with van der Waals surface area (Å²) in [4.78, 5) is 13.5. The van der Waals surface area contributed by atoms with Gasteiger partial charge in [-0.3, -0.25) is 0 Å². The Morgan fingerprint density at radius 2 is 1.94 bits per heavy atom. The standard InChI is InChI=1S/C10H17N7O/c1-5-16-11-8(4)9(12-16)6-15-10(18)17(7(2)3)14-13-15/h7H,5-6H2,1-4H3. The molecule has 98 valence electrons. The second-order valence-electron chi connectivity index (χ2n) is 4.38. The van der Waals surface area contributed by atoms with Crippen molar-refractivity contribution in [3.63, 3.8) is 0 Å². The maximum atomic E-state index is 11.9. The Hall–Kier alpha value is -1.99. The van der Waals surface area contributed by atoms with Crippen LogP contribution in [0, 0.1) is 6.92 Å². The topological polar surface area (TPSA) is 83.4 Å². The van der Waals surface area contributed by atoms with Gasteiger partial charge in [0.15, 0.2) is 0 Å². The molecular weight excluding hydrogens is 234 g/mol. The predicted octanol–water partition coefficient (Wildman–Crippen LogP) is -0.0112. The normalized spacial score (nSPS) is 11.4. The van der Waals surface area contributed by atoms with E-state index >= 15 is 0 Å². The first-order valence-electron chi connectivity index (χ1n) is 5.95. The highest BCUT2D eigenvalue weighted by molar-refractivity contribution is 5.06. The smallest absolute Gasteiger partial charge is 0.244 e. The van der Waals surface area contributed by atoms with Gasteiger partial charge in [-0.1, -0.05) is 0 Å². The van der Waals surface area contributed by atoms with E-state index < -0.39 is 0 Å². The van der Waals surface area contributed by atoms with E-state index in [1.165, 1.54) is 9.36 Å². The lowest BCUT2D eigenvalue weighted by Crippen LogP contribution is -2.27. The zero-order valence-electron chi connectivity index (χ0n) is 11.0. The highest BCUT2D eigenvalue weighted by atomic mass is 16.2. The lowest BCUT2D eigenvalue weighted by atomic mass is 10.3. The van der Waals surface area contributed by atoms with Gasteiger partial charge in [-0.05, 0) is 38.1 Å². The zero-order valence-corrected chi connectivity index (χ0v) is 11.0. The molecule has 0 atom stereocenters. The number of rotatable bonds is 4. The van der Waals surface area contributed by atoms with E-state index in [2.05, 4.69) is 20.6 Å². The molecule has 2 heterocycles. The summed E-state index contributed by atoms with van der Waals surface area (Å²) < 4.78 is 2.65. The molecule has 0 unspecified atom stereocenters. The minimum absolute atomic E-state index is 0.00123. The van der Waals surface area contributed by atoms with Crippen LogP contribution < -0.4 is 5.69 Å². The van der Waals surface area contributed by atoms with Gasteiger partial charge in [0.2, 0.25) is 0 Å². The molecule has 0 N–H and O–H groups in total. The van der Waals surface area contributed by atoms with Crippen molar-refractivity contribution in [3.05, 3.63) is 21.9 Å². The van der Waals surface area contributed by atoms with Crippen LogP contribution in [0.15, 0.2) is 4.79 Å². The second kappa shape index (κ2) is 4.71. The molecule has 2 aromatic heterocycles. The van der Waals surface area contributed by atoms with E-state index in [4.69, 9.17) is 0 Å². The highest BCUT2D eigenvalue weighted by Gasteiger charge is 2.13. The SMILES string of the molecule is CCn1nc(C)c(Cn2nnn(C(C)C)c2=O)n1. The lowest BCUT2D eigenvalue weighted by Gasteiger charge is -1.99. The molecule has 18 heavy (non-hydrogen) atoms. The fraction of sp³-hybridized carbons (Fsp3) is 0.700. The third-order valence-electron chi connectivity index (χ3n) is 2.65. The average molecular weight is 251 g/mol. The number of aryl methyl sites for hydroxylation is 2. The molecule has 2 rings (SSSR count). The van der Waals surface area contributed by atoms with Gasteiger partial charge in [0.25, 0.3) is 0 Å². The minimum atomic E-state index is -0.226. The summed E-state index contributed by atoms with van der Waals surface area (Å²) >= 11 is 0. The first-order chi connectivity index (χ1) is 8.52. The Morgan fingerprint density at radius 1 is 1.22 bits per heavy atom. The average Bonchev–Trinajstić information content (AvgIpc) is 2.85. The van der Waals surface area contributed by atoms with E-state index in [9.17, 15) is 4.79 Å². The Balaban J connectivity index is 2.29. The number of hydrogen-bond donors (Lipinski definition) is 0. The van der Waals surface area contributed by atoms with Crippen molar-refractivity contribution in [1.82, 2.24) is 34.8 Å². The minimum Gasteiger partial charge on any atom is -0.244 e. The Morgan fingerprint density at radius 3 is 2.44 bits per heavy atom. The van der Waals surface area contributed by atoms with Crippen LogP contribution >= 0.6 is 0 Å². The largest absolute Gasteiger partial charge is 0.364 e. The van der Waals surface area contributed by atoms with Crippen LogP contribution in [0.3, 0.4) is 0 Å². The quantitative estimate of drug-likeness (QED) is 0.763. The van der Waals surface area contributed by atoms with Crippen molar-refractivity contribution in [2.45, 2.75) is 46.8 Å². The first-order valence-corrected chi connectivity index (χ1v) is 5.95. The van der Waals surface area contributed by atoms with Crippen LogP contribution in [0.1, 0.15) is 38.2 Å². The van der Waals surface area contributed by atoms with Gasteiger partial charge in [0.1, 0.15) is 5.69 Å². The lowest BCUT2D eigenvalue weighted by molar-refractivity contribution is 0.499. The fourth-order valence-corrected chi connectivity index (χ4v) is 1.60. The van der Waals surface area contributed by atoms with Crippen LogP contribution in [0.2, 0.25) is 0 Å². The summed E-state index contributed by atoms with van der Waals surface area (Å²) in [7, 11) is 0. The molecule has 0 aliphatic carbocycles. The van der Waals surface area contributed by atoms with Gasteiger partial charge >= 0.3 is 5.69 Å². The van der Waals surface area contributed by atoms with Gasteiger partial charge in [-0.25, -0.2) is 4.79 Å². The summed E-state index contributed by atoms with van der Waals surface area (Å²) in [6.07, 6.45) is 0. The molecule has 0 bridgehead atoms. The maximum Gasteiger partial charge on any atom is 0.364 e. The molecule has 0 radical (unpaired) electrons. The van der Waals surface area contributed by atoms with Crippen LogP contribution in [-0.2, 0) is 13.1 Å². The van der Waals surface area contributed by atoms with Crippen LogP contribution in [0.25, 0.3) is 0 Å². The third-order valence-corrected chi connectivity index (χ3v) is 2.65. The van der Waals surface area contributed by atoms with Crippen molar-refractivity contribution in [3.8, 4) is 0 Å². The summed E-state index contributed by atoms with van der Waals surface area (Å²) in [5.74, 6) is 0. The number of nitrogens with zero attached hydrogens (tertiary/aromatic N) is 7. The molecule has 0 saturated heterocycles. The summed E-state index contributed by atoms with van der Waals surface area (Å²) in [5.41, 5.74) is 1.33. The van der Waals surface area contributed by atoms with Crippen molar-refractivity contribution in [1.29, 1.82) is 0 Å². The Labute approximate surface area is 104 Å². The van der Waals surface area contributed by atoms with Gasteiger partial charge in [-0.2, -0.15) is 24.4 Å². The van der Waals surface area contributed by atoms with Gasteiger partial charge in [0.05, 0.1) is 24.8 Å². The molecule has 0 spiro atoms. The fourth-order valence-electron chi connectivity index (χ4n) is 1.60. The zero-order chi connectivity index (χ0) is 13.3. The Kier molecular flexibility index (Phi) is 3.26. The monoisotopic (exact) mass is 251 g/mol. The summed E-state index contributed by atoms with van der Waals surface area (Å²) in [5, 5.41) is 16.2. The maximum absolute atomic E-state index is 11.9. The molecule has 0 aromatic carbocycles. The Bertz CT molecular complexity index is 592. The molecule has 8 nitrogen and oxygen atoms in total. The van der Waals surface area contributed by atoms with E-state index in [-0.39, 0.29) is 11.7 Å². The molecule has 2 aromatic rings. The van der Waals surface area contributed by atoms with Gasteiger partial charge < -0.3 is 0 Å². The van der Waals surface area contributed by atoms with Crippen molar-refractivity contribution < 1.29 is 0 Å². The van der Waals surface area contributed by atoms with E-state index in [1.54, 1.807) is 4.80 Å². The molecule has 0 aliphatic rings. The first kappa shape index (κ1) is 12.5. The summed E-state index contributed by atoms with van der Waals surface area (Å²) in [6, 6.07) is -0.00123. The number of hydrogen-bond acceptors (Lipinski definition) is 5. The predicted molar refractivity (Wildman–Crippen MR) is 64.2 cm³/mol. The van der Waals surface area contributed by atoms with Crippen molar-refractivity contribution in [2.75, 3.05) is 0 Å². The van der Waals surface area contributed by atoms with E-state index in [1.807, 2.05) is 27.7 Å². The third kappa shape index (κ3) is 2.18. The number of aromatic nitrogens is 7. The van der Waals surface area contributed by atoms with Gasteiger partial charge in [0, 0.05) is 0 Å². The highest BCUT2D eigenvalue weighted by Crippen LogP contribution is 2.02. The van der Waals surface area contributed by atoms with E-state index in [0.29, 0.717) is 13.1 Å². The molecule has 0 fully saturated rings. The van der Waals surface area contributed by atoms with Crippen molar-refractivity contribution in [2.24, 2.45) is 0 Å². The molecule has 0 saturated carbocycles. The molecule has 0 amide bonds. The van der Waals surface area contributed by atoms with Crippen molar-refractivity contribution >= 4 is 0 Å². The molecule has 8 heteroatoms. The molecular formula is C10H17N7O. The van der Waals surface area contributed by atoms with Crippen LogP contribution in [0.4, 0.5) is 0 Å². The van der Waals surface area contributed by atoms with E-state index in [0.717, 1.165) is 11.4 Å². The number of tetrazole rings is 1. The van der Waals surface area contributed by atoms with Crippen LogP contribution in [0.5, 0.6) is 0 Å². The molecule has 0 aliphatic heterocycles. The summed E-state index contributed by atoms with van der Waals surface area (Å²) in [6.45, 7) is 8.61.